The standard InChI is InChI=1S/C12H17N7O4/c1-14-12(22)15-2-5-7(20)8(21)11(23-5)19-4-18-6-9(13)16-3-17-10(6)19/h3-5,7-8,11,20-21H,2H2,1H3,(H2,13,16,17)(H2,14,15,22)/t5-,7-,8-,11-/m1/s1. The molecule has 1 fully saturated rings. The van der Waals surface area contributed by atoms with Gasteiger partial charge in [-0.3, -0.25) is 4.57 Å². The molecular weight excluding hydrogens is 306 g/mol. The number of aromatic nitrogens is 4. The number of anilines is 1. The second-order valence-electron chi connectivity index (χ2n) is 5.09. The van der Waals surface area contributed by atoms with Crippen LogP contribution in [0, 0.1) is 0 Å². The number of rotatable bonds is 3. The van der Waals surface area contributed by atoms with Crippen molar-refractivity contribution in [3.05, 3.63) is 12.7 Å². The molecule has 0 saturated carbocycles. The van der Waals surface area contributed by atoms with Gasteiger partial charge in [-0.2, -0.15) is 0 Å². The maximum absolute atomic E-state index is 11.2. The molecule has 4 atom stereocenters. The SMILES string of the molecule is CNC(=O)NC[C@H]1O[C@@H](n2cnc3c(N)ncnc32)[C@H](O)[C@@H]1O. The molecule has 11 heteroatoms. The lowest BCUT2D eigenvalue weighted by Gasteiger charge is -2.16. The van der Waals surface area contributed by atoms with Gasteiger partial charge >= 0.3 is 6.03 Å². The normalized spacial score (nSPS) is 27.3. The van der Waals surface area contributed by atoms with E-state index in [0.29, 0.717) is 11.2 Å². The van der Waals surface area contributed by atoms with Crippen LogP contribution in [0.15, 0.2) is 12.7 Å². The van der Waals surface area contributed by atoms with Crippen LogP contribution in [0.5, 0.6) is 0 Å². The Morgan fingerprint density at radius 2 is 2.17 bits per heavy atom. The molecule has 2 amide bonds. The maximum Gasteiger partial charge on any atom is 0.314 e. The summed E-state index contributed by atoms with van der Waals surface area (Å²) in [5.74, 6) is 0.208. The van der Waals surface area contributed by atoms with Crippen molar-refractivity contribution in [2.45, 2.75) is 24.5 Å². The average Bonchev–Trinajstić information content (AvgIpc) is 3.09. The smallest absolute Gasteiger partial charge is 0.314 e. The number of nitrogen functional groups attached to an aromatic ring is 1. The minimum absolute atomic E-state index is 0.0398. The van der Waals surface area contributed by atoms with Crippen LogP contribution in [0.2, 0.25) is 0 Å². The highest BCUT2D eigenvalue weighted by molar-refractivity contribution is 5.81. The molecule has 11 nitrogen and oxygen atoms in total. The number of nitrogens with one attached hydrogen (secondary N) is 2. The quantitative estimate of drug-likeness (QED) is 0.431. The fourth-order valence-electron chi connectivity index (χ4n) is 2.47. The molecule has 0 bridgehead atoms. The highest BCUT2D eigenvalue weighted by Gasteiger charge is 2.44. The van der Waals surface area contributed by atoms with E-state index < -0.39 is 30.6 Å². The van der Waals surface area contributed by atoms with Crippen molar-refractivity contribution in [1.29, 1.82) is 0 Å². The van der Waals surface area contributed by atoms with Gasteiger partial charge < -0.3 is 31.3 Å². The number of aliphatic hydroxyl groups is 2. The molecule has 1 saturated heterocycles. The monoisotopic (exact) mass is 323 g/mol. The molecule has 2 aromatic rings. The van der Waals surface area contributed by atoms with E-state index in [9.17, 15) is 15.0 Å². The van der Waals surface area contributed by atoms with Gasteiger partial charge in [0, 0.05) is 13.6 Å². The van der Waals surface area contributed by atoms with Crippen LogP contribution in [0.4, 0.5) is 10.6 Å². The molecule has 124 valence electrons. The van der Waals surface area contributed by atoms with Crippen LogP contribution in [0.25, 0.3) is 11.2 Å². The number of hydrogen-bond acceptors (Lipinski definition) is 8. The Balaban J connectivity index is 1.82. The molecule has 2 aromatic heterocycles. The van der Waals surface area contributed by atoms with Crippen molar-refractivity contribution in [2.75, 3.05) is 19.3 Å². The highest BCUT2D eigenvalue weighted by Crippen LogP contribution is 2.31. The van der Waals surface area contributed by atoms with Gasteiger partial charge in [0.05, 0.1) is 6.33 Å². The van der Waals surface area contributed by atoms with E-state index in [0.717, 1.165) is 0 Å². The second-order valence-corrected chi connectivity index (χ2v) is 5.09. The summed E-state index contributed by atoms with van der Waals surface area (Å²) in [7, 11) is 1.47. The molecule has 1 aliphatic rings. The van der Waals surface area contributed by atoms with Crippen LogP contribution < -0.4 is 16.4 Å². The van der Waals surface area contributed by atoms with Crippen molar-refractivity contribution < 1.29 is 19.7 Å². The van der Waals surface area contributed by atoms with Gasteiger partial charge in [-0.25, -0.2) is 19.7 Å². The fraction of sp³-hybridized carbons (Fsp3) is 0.500. The summed E-state index contributed by atoms with van der Waals surface area (Å²) in [4.78, 5) is 23.2. The Hall–Kier alpha value is -2.50. The lowest BCUT2D eigenvalue weighted by atomic mass is 10.1. The molecule has 1 aliphatic heterocycles. The number of hydrogen-bond donors (Lipinski definition) is 5. The van der Waals surface area contributed by atoms with Gasteiger partial charge in [0.15, 0.2) is 17.7 Å². The Kier molecular flexibility index (Phi) is 3.98. The molecule has 6 N–H and O–H groups in total. The van der Waals surface area contributed by atoms with E-state index >= 15 is 0 Å². The first-order valence-corrected chi connectivity index (χ1v) is 6.93. The van der Waals surface area contributed by atoms with Crippen molar-refractivity contribution in [2.24, 2.45) is 0 Å². The van der Waals surface area contributed by atoms with Crippen LogP contribution in [0.3, 0.4) is 0 Å². The Morgan fingerprint density at radius 1 is 1.39 bits per heavy atom. The van der Waals surface area contributed by atoms with Crippen molar-refractivity contribution in [3.8, 4) is 0 Å². The van der Waals surface area contributed by atoms with E-state index in [1.165, 1.54) is 24.3 Å². The van der Waals surface area contributed by atoms with Gasteiger partial charge in [-0.15, -0.1) is 0 Å². The summed E-state index contributed by atoms with van der Waals surface area (Å²) in [5.41, 5.74) is 6.48. The van der Waals surface area contributed by atoms with Crippen molar-refractivity contribution >= 4 is 23.0 Å². The van der Waals surface area contributed by atoms with E-state index in [1.807, 2.05) is 0 Å². The molecule has 0 spiro atoms. The number of imidazole rings is 1. The predicted octanol–water partition coefficient (Wildman–Crippen LogP) is -2.04. The van der Waals surface area contributed by atoms with Gasteiger partial charge in [0.2, 0.25) is 0 Å². The van der Waals surface area contributed by atoms with Crippen molar-refractivity contribution in [1.82, 2.24) is 30.2 Å². The van der Waals surface area contributed by atoms with E-state index in [-0.39, 0.29) is 12.4 Å². The zero-order valence-electron chi connectivity index (χ0n) is 12.2. The summed E-state index contributed by atoms with van der Waals surface area (Å²) >= 11 is 0. The molecule has 3 heterocycles. The third-order valence-electron chi connectivity index (χ3n) is 3.69. The molecular formula is C12H17N7O4. The lowest BCUT2D eigenvalue weighted by Crippen LogP contribution is -2.42. The largest absolute Gasteiger partial charge is 0.387 e. The number of aliphatic hydroxyl groups excluding tert-OH is 2. The Morgan fingerprint density at radius 3 is 2.91 bits per heavy atom. The predicted molar refractivity (Wildman–Crippen MR) is 78.1 cm³/mol. The summed E-state index contributed by atoms with van der Waals surface area (Å²) in [6, 6.07) is -0.410. The minimum Gasteiger partial charge on any atom is -0.387 e. The Bertz CT molecular complexity index is 720. The number of ether oxygens (including phenoxy) is 1. The number of nitrogens with zero attached hydrogens (tertiary/aromatic N) is 4. The summed E-state index contributed by atoms with van der Waals surface area (Å²) in [6.07, 6.45) is -1.37. The first-order chi connectivity index (χ1) is 11.0. The molecule has 3 rings (SSSR count). The van der Waals surface area contributed by atoms with Gasteiger partial charge in [0.25, 0.3) is 0 Å². The Labute approximate surface area is 130 Å². The van der Waals surface area contributed by atoms with E-state index in [4.69, 9.17) is 10.5 Å². The van der Waals surface area contributed by atoms with E-state index in [2.05, 4.69) is 25.6 Å². The second kappa shape index (κ2) is 5.95. The zero-order chi connectivity index (χ0) is 16.6. The topological polar surface area (TPSA) is 160 Å². The average molecular weight is 323 g/mol. The third-order valence-corrected chi connectivity index (χ3v) is 3.69. The van der Waals surface area contributed by atoms with Gasteiger partial charge in [-0.1, -0.05) is 0 Å². The number of urea groups is 1. The minimum atomic E-state index is -1.21. The molecule has 0 aromatic carbocycles. The number of amides is 2. The van der Waals surface area contributed by atoms with Crippen LogP contribution in [-0.4, -0.2) is 67.7 Å². The lowest BCUT2D eigenvalue weighted by molar-refractivity contribution is -0.0335. The van der Waals surface area contributed by atoms with Crippen LogP contribution in [0.1, 0.15) is 6.23 Å². The molecule has 0 aliphatic carbocycles. The van der Waals surface area contributed by atoms with Gasteiger partial charge in [-0.05, 0) is 0 Å². The van der Waals surface area contributed by atoms with Crippen LogP contribution >= 0.6 is 0 Å². The molecule has 0 unspecified atom stereocenters. The number of carbonyl (C=O) groups is 1. The summed E-state index contributed by atoms with van der Waals surface area (Å²) < 4.78 is 7.13. The summed E-state index contributed by atoms with van der Waals surface area (Å²) in [5, 5.41) is 25.2. The van der Waals surface area contributed by atoms with E-state index in [1.54, 1.807) is 0 Å². The maximum atomic E-state index is 11.2. The van der Waals surface area contributed by atoms with Crippen LogP contribution in [-0.2, 0) is 4.74 Å². The molecule has 23 heavy (non-hydrogen) atoms. The summed E-state index contributed by atoms with van der Waals surface area (Å²) in [6.45, 7) is 0.0398. The molecule has 0 radical (unpaired) electrons. The highest BCUT2D eigenvalue weighted by atomic mass is 16.6. The number of carbonyl (C=O) groups excluding carboxylic acids is 1. The zero-order valence-corrected chi connectivity index (χ0v) is 12.2. The van der Waals surface area contributed by atoms with Gasteiger partial charge in [0.1, 0.15) is 30.2 Å². The van der Waals surface area contributed by atoms with Crippen molar-refractivity contribution in [3.63, 3.8) is 0 Å². The first-order valence-electron chi connectivity index (χ1n) is 6.93. The third kappa shape index (κ3) is 2.65. The number of fused-ring (bicyclic) bond motifs is 1. The first kappa shape index (κ1) is 15.4. The fourth-order valence-corrected chi connectivity index (χ4v) is 2.47. The number of nitrogens with two attached hydrogens (primary N) is 1.